The highest BCUT2D eigenvalue weighted by molar-refractivity contribution is 5.83. The van der Waals surface area contributed by atoms with Crippen LogP contribution >= 0.6 is 0 Å². The van der Waals surface area contributed by atoms with Crippen molar-refractivity contribution in [2.24, 2.45) is 0 Å². The molecule has 6 rings (SSSR count). The van der Waals surface area contributed by atoms with Crippen molar-refractivity contribution >= 4 is 16.6 Å². The zero-order valence-electron chi connectivity index (χ0n) is 16.3. The van der Waals surface area contributed by atoms with E-state index >= 15 is 0 Å². The van der Waals surface area contributed by atoms with Crippen molar-refractivity contribution in [3.63, 3.8) is 0 Å². The number of benzene rings is 1. The molecule has 2 fully saturated rings. The quantitative estimate of drug-likeness (QED) is 0.564. The standard InChI is InChI=1S/C23H21N3O4/c27-23(11-18-14-29-22(12-23)30-18)20-3-1-2-16(25-20)13-28-17-5-6-19-15(10-17)4-7-21-24-8-9-26(19)21/h1-10,18,22,27H,11-14H2. The number of hydrogen-bond donors (Lipinski definition) is 1. The fraction of sp³-hybridized carbons (Fsp3) is 0.304. The molecule has 3 aromatic heterocycles. The van der Waals surface area contributed by atoms with Crippen molar-refractivity contribution < 1.29 is 19.3 Å². The maximum absolute atomic E-state index is 11.1. The van der Waals surface area contributed by atoms with Crippen LogP contribution in [0.5, 0.6) is 5.75 Å². The minimum absolute atomic E-state index is 0.0741. The van der Waals surface area contributed by atoms with E-state index in [9.17, 15) is 5.11 Å². The summed E-state index contributed by atoms with van der Waals surface area (Å²) in [6.07, 6.45) is 4.21. The lowest BCUT2D eigenvalue weighted by atomic mass is 9.87. The first-order chi connectivity index (χ1) is 14.7. The molecule has 152 valence electrons. The molecule has 7 nitrogen and oxygen atoms in total. The molecule has 0 spiro atoms. The molecule has 2 bridgehead atoms. The Balaban J connectivity index is 1.22. The van der Waals surface area contributed by atoms with Crippen LogP contribution in [0.2, 0.25) is 0 Å². The first-order valence-corrected chi connectivity index (χ1v) is 10.1. The summed E-state index contributed by atoms with van der Waals surface area (Å²) in [5, 5.41) is 12.2. The molecular formula is C23H21N3O4. The second kappa shape index (κ2) is 6.77. The summed E-state index contributed by atoms with van der Waals surface area (Å²) in [6.45, 7) is 0.853. The fourth-order valence-corrected chi connectivity index (χ4v) is 4.42. The first kappa shape index (κ1) is 17.8. The van der Waals surface area contributed by atoms with E-state index < -0.39 is 5.60 Å². The van der Waals surface area contributed by atoms with Crippen LogP contribution in [0.1, 0.15) is 24.2 Å². The Kier molecular flexibility index (Phi) is 4.02. The molecular weight excluding hydrogens is 382 g/mol. The maximum Gasteiger partial charge on any atom is 0.161 e. The summed E-state index contributed by atoms with van der Waals surface area (Å²) in [6, 6.07) is 15.7. The molecule has 2 saturated heterocycles. The number of rotatable bonds is 4. The van der Waals surface area contributed by atoms with Crippen LogP contribution in [0.3, 0.4) is 0 Å². The van der Waals surface area contributed by atoms with Crippen LogP contribution < -0.4 is 4.74 Å². The third-order valence-corrected chi connectivity index (χ3v) is 5.89. The average molecular weight is 403 g/mol. The fourth-order valence-electron chi connectivity index (χ4n) is 4.42. The predicted octanol–water partition coefficient (Wildman–Crippen LogP) is 3.18. The lowest BCUT2D eigenvalue weighted by Crippen LogP contribution is -2.40. The lowest BCUT2D eigenvalue weighted by Gasteiger charge is -2.34. The Bertz CT molecular complexity index is 1230. The van der Waals surface area contributed by atoms with E-state index in [1.807, 2.05) is 54.7 Å². The molecule has 7 heteroatoms. The molecule has 3 unspecified atom stereocenters. The summed E-state index contributed by atoms with van der Waals surface area (Å²) >= 11 is 0. The van der Waals surface area contributed by atoms with Crippen LogP contribution in [0.15, 0.2) is 60.9 Å². The summed E-state index contributed by atoms with van der Waals surface area (Å²) in [5.74, 6) is 0.769. The molecule has 1 N–H and O–H groups in total. The highest BCUT2D eigenvalue weighted by Crippen LogP contribution is 2.40. The van der Waals surface area contributed by atoms with Crippen molar-refractivity contribution in [2.75, 3.05) is 6.61 Å². The van der Waals surface area contributed by atoms with Gasteiger partial charge in [0.2, 0.25) is 0 Å². The van der Waals surface area contributed by atoms with Gasteiger partial charge in [-0.2, -0.15) is 0 Å². The van der Waals surface area contributed by atoms with Gasteiger partial charge in [-0.1, -0.05) is 6.07 Å². The topological polar surface area (TPSA) is 78.1 Å². The van der Waals surface area contributed by atoms with E-state index in [0.717, 1.165) is 28.0 Å². The minimum Gasteiger partial charge on any atom is -0.487 e. The molecule has 0 amide bonds. The smallest absolute Gasteiger partial charge is 0.161 e. The molecule has 1 aromatic carbocycles. The second-order valence-corrected chi connectivity index (χ2v) is 7.97. The van der Waals surface area contributed by atoms with Gasteiger partial charge < -0.3 is 19.3 Å². The highest BCUT2D eigenvalue weighted by Gasteiger charge is 2.46. The van der Waals surface area contributed by atoms with Gasteiger partial charge in [0.05, 0.1) is 29.6 Å². The number of hydrogen-bond acceptors (Lipinski definition) is 6. The molecule has 30 heavy (non-hydrogen) atoms. The minimum atomic E-state index is -1.03. The number of nitrogens with zero attached hydrogens (tertiary/aromatic N) is 3. The highest BCUT2D eigenvalue weighted by atomic mass is 16.7. The Labute approximate surface area is 172 Å². The van der Waals surface area contributed by atoms with Gasteiger partial charge in [-0.3, -0.25) is 9.38 Å². The molecule has 3 atom stereocenters. The molecule has 4 aromatic rings. The second-order valence-electron chi connectivity index (χ2n) is 7.97. The SMILES string of the molecule is OC1(c2cccc(COc3ccc4c(ccc5nccn54)c3)n2)CC2COC(C1)O2. The van der Waals surface area contributed by atoms with E-state index in [0.29, 0.717) is 31.7 Å². The van der Waals surface area contributed by atoms with Gasteiger partial charge >= 0.3 is 0 Å². The van der Waals surface area contributed by atoms with Gasteiger partial charge in [-0.25, -0.2) is 4.98 Å². The van der Waals surface area contributed by atoms with Crippen molar-refractivity contribution in [1.82, 2.24) is 14.4 Å². The van der Waals surface area contributed by atoms with E-state index in [1.54, 1.807) is 6.20 Å². The number of imidazole rings is 1. The van der Waals surface area contributed by atoms with Crippen LogP contribution in [0.25, 0.3) is 16.6 Å². The van der Waals surface area contributed by atoms with E-state index in [-0.39, 0.29) is 12.4 Å². The summed E-state index contributed by atoms with van der Waals surface area (Å²) in [7, 11) is 0. The van der Waals surface area contributed by atoms with Gasteiger partial charge in [-0.05, 0) is 42.5 Å². The number of ether oxygens (including phenoxy) is 3. The van der Waals surface area contributed by atoms with E-state index in [2.05, 4.69) is 14.4 Å². The predicted molar refractivity (Wildman–Crippen MR) is 109 cm³/mol. The van der Waals surface area contributed by atoms with Crippen LogP contribution in [-0.4, -0.2) is 38.5 Å². The number of pyridine rings is 2. The summed E-state index contributed by atoms with van der Waals surface area (Å²) < 4.78 is 19.3. The average Bonchev–Trinajstić information content (AvgIpc) is 3.38. The third kappa shape index (κ3) is 3.02. The third-order valence-electron chi connectivity index (χ3n) is 5.89. The molecule has 5 heterocycles. The molecule has 2 aliphatic heterocycles. The Morgan fingerprint density at radius 1 is 1.17 bits per heavy atom. The first-order valence-electron chi connectivity index (χ1n) is 10.1. The van der Waals surface area contributed by atoms with E-state index in [1.165, 1.54) is 0 Å². The zero-order valence-corrected chi connectivity index (χ0v) is 16.3. The molecule has 0 saturated carbocycles. The zero-order chi connectivity index (χ0) is 20.1. The Morgan fingerprint density at radius 3 is 3.07 bits per heavy atom. The van der Waals surface area contributed by atoms with Gasteiger partial charge in [0.1, 0.15) is 23.6 Å². The van der Waals surface area contributed by atoms with Gasteiger partial charge in [-0.15, -0.1) is 0 Å². The monoisotopic (exact) mass is 403 g/mol. The Hall–Kier alpha value is -3.00. The molecule has 0 radical (unpaired) electrons. The van der Waals surface area contributed by atoms with Crippen molar-refractivity contribution in [1.29, 1.82) is 0 Å². The number of aromatic nitrogens is 3. The molecule has 2 aliphatic rings. The van der Waals surface area contributed by atoms with Crippen LogP contribution in [-0.2, 0) is 21.7 Å². The summed E-state index contributed by atoms with van der Waals surface area (Å²) in [5.41, 5.74) is 2.39. The van der Waals surface area contributed by atoms with Crippen LogP contribution in [0, 0.1) is 0 Å². The van der Waals surface area contributed by atoms with Gasteiger partial charge in [0.15, 0.2) is 6.29 Å². The normalized spacial score (nSPS) is 25.8. The van der Waals surface area contributed by atoms with Crippen molar-refractivity contribution in [3.05, 3.63) is 72.3 Å². The van der Waals surface area contributed by atoms with Gasteiger partial charge in [0.25, 0.3) is 0 Å². The van der Waals surface area contributed by atoms with E-state index in [4.69, 9.17) is 14.2 Å². The van der Waals surface area contributed by atoms with Crippen molar-refractivity contribution in [3.8, 4) is 5.75 Å². The largest absolute Gasteiger partial charge is 0.487 e. The number of fused-ring (bicyclic) bond motifs is 5. The van der Waals surface area contributed by atoms with Crippen molar-refractivity contribution in [2.45, 2.75) is 37.4 Å². The van der Waals surface area contributed by atoms with Gasteiger partial charge in [0, 0.05) is 30.6 Å². The number of aliphatic hydroxyl groups is 1. The molecule has 0 aliphatic carbocycles. The summed E-state index contributed by atoms with van der Waals surface area (Å²) in [4.78, 5) is 9.00. The van der Waals surface area contributed by atoms with Crippen LogP contribution in [0.4, 0.5) is 0 Å². The maximum atomic E-state index is 11.1. The Morgan fingerprint density at radius 2 is 2.13 bits per heavy atom. The lowest BCUT2D eigenvalue weighted by molar-refractivity contribution is -0.160.